The Hall–Kier alpha value is -3.16. The number of hydrogen-bond donors (Lipinski definition) is 1. The number of rotatable bonds is 5. The normalized spacial score (nSPS) is 11.5. The van der Waals surface area contributed by atoms with Crippen molar-refractivity contribution in [3.8, 4) is 0 Å². The Morgan fingerprint density at radius 3 is 2.62 bits per heavy atom. The Labute approximate surface area is 150 Å². The van der Waals surface area contributed by atoms with Crippen LogP contribution in [-0.2, 0) is 13.0 Å². The van der Waals surface area contributed by atoms with Gasteiger partial charge in [0.1, 0.15) is 0 Å². The standard InChI is InChI=1S/C18H21N7O/c1-4-10-24-15-14(20-17(21-15)23(2)3)16(26)25-18(24)19-13(22-25)11-12-8-6-5-7-9-12/h5-9H,4,10-11H2,1-3H3,(H,20,21). The molecule has 134 valence electrons. The van der Waals surface area contributed by atoms with Crippen molar-refractivity contribution in [3.05, 3.63) is 52.1 Å². The molecule has 1 N–H and O–H groups in total. The van der Waals surface area contributed by atoms with E-state index < -0.39 is 0 Å². The first-order chi connectivity index (χ1) is 12.6. The number of anilines is 1. The molecule has 3 heterocycles. The van der Waals surface area contributed by atoms with E-state index in [4.69, 9.17) is 0 Å². The smallest absolute Gasteiger partial charge is 0.301 e. The van der Waals surface area contributed by atoms with Crippen LogP contribution in [-0.4, -0.2) is 43.2 Å². The van der Waals surface area contributed by atoms with Crippen LogP contribution in [0.3, 0.4) is 0 Å². The number of nitrogens with one attached hydrogen (secondary N) is 1. The maximum atomic E-state index is 12.9. The summed E-state index contributed by atoms with van der Waals surface area (Å²) in [6.07, 6.45) is 1.48. The molecule has 0 unspecified atom stereocenters. The van der Waals surface area contributed by atoms with Crippen molar-refractivity contribution in [1.82, 2.24) is 29.1 Å². The number of fused-ring (bicyclic) bond motifs is 2. The molecule has 0 saturated heterocycles. The van der Waals surface area contributed by atoms with E-state index in [1.54, 1.807) is 0 Å². The van der Waals surface area contributed by atoms with Crippen molar-refractivity contribution in [2.24, 2.45) is 0 Å². The van der Waals surface area contributed by atoms with Gasteiger partial charge in [-0.1, -0.05) is 37.3 Å². The van der Waals surface area contributed by atoms with Crippen LogP contribution < -0.4 is 10.5 Å². The predicted octanol–water partition coefficient (Wildman–Crippen LogP) is 1.83. The molecule has 0 amide bonds. The van der Waals surface area contributed by atoms with E-state index in [1.807, 2.05) is 53.9 Å². The molecule has 8 nitrogen and oxygen atoms in total. The van der Waals surface area contributed by atoms with Crippen LogP contribution in [0.5, 0.6) is 0 Å². The average Bonchev–Trinajstić information content (AvgIpc) is 3.24. The lowest BCUT2D eigenvalue weighted by atomic mass is 10.1. The van der Waals surface area contributed by atoms with Gasteiger partial charge in [-0.25, -0.2) is 0 Å². The van der Waals surface area contributed by atoms with Gasteiger partial charge in [0, 0.05) is 27.1 Å². The quantitative estimate of drug-likeness (QED) is 0.593. The Bertz CT molecular complexity index is 1120. The molecule has 8 heteroatoms. The number of benzene rings is 1. The molecule has 0 fully saturated rings. The van der Waals surface area contributed by atoms with Crippen LogP contribution >= 0.6 is 0 Å². The highest BCUT2D eigenvalue weighted by atomic mass is 16.1. The highest BCUT2D eigenvalue weighted by Gasteiger charge is 2.19. The second-order valence-electron chi connectivity index (χ2n) is 6.51. The zero-order valence-corrected chi connectivity index (χ0v) is 15.1. The number of aromatic nitrogens is 6. The SMILES string of the molecule is CCCn1c2nc(N(C)C)[nH]c2c(=O)n2nc(Cc3ccccc3)nc12. The minimum Gasteiger partial charge on any atom is -0.348 e. The van der Waals surface area contributed by atoms with Crippen molar-refractivity contribution in [3.63, 3.8) is 0 Å². The van der Waals surface area contributed by atoms with E-state index >= 15 is 0 Å². The third-order valence-corrected chi connectivity index (χ3v) is 4.29. The fourth-order valence-electron chi connectivity index (χ4n) is 3.05. The molecule has 0 saturated carbocycles. The third kappa shape index (κ3) is 2.63. The topological polar surface area (TPSA) is 84.1 Å². The van der Waals surface area contributed by atoms with Crippen molar-refractivity contribution in [1.29, 1.82) is 0 Å². The van der Waals surface area contributed by atoms with Gasteiger partial charge in [0.25, 0.3) is 0 Å². The Balaban J connectivity index is 1.92. The van der Waals surface area contributed by atoms with Gasteiger partial charge in [-0.05, 0) is 12.0 Å². The predicted molar refractivity (Wildman–Crippen MR) is 101 cm³/mol. The third-order valence-electron chi connectivity index (χ3n) is 4.29. The van der Waals surface area contributed by atoms with Crippen LogP contribution in [0.1, 0.15) is 24.7 Å². The number of H-pyrrole nitrogens is 1. The lowest BCUT2D eigenvalue weighted by Crippen LogP contribution is -2.20. The molecule has 0 radical (unpaired) electrons. The summed E-state index contributed by atoms with van der Waals surface area (Å²) in [4.78, 5) is 27.1. The number of imidazole rings is 1. The van der Waals surface area contributed by atoms with Crippen molar-refractivity contribution in [2.75, 3.05) is 19.0 Å². The average molecular weight is 351 g/mol. The van der Waals surface area contributed by atoms with Crippen LogP contribution in [0.2, 0.25) is 0 Å². The van der Waals surface area contributed by atoms with Gasteiger partial charge in [-0.3, -0.25) is 9.36 Å². The molecule has 1 aromatic carbocycles. The van der Waals surface area contributed by atoms with E-state index in [2.05, 4.69) is 27.0 Å². The van der Waals surface area contributed by atoms with Gasteiger partial charge in [0.15, 0.2) is 17.0 Å². The molecular formula is C18H21N7O. The molecule has 0 bridgehead atoms. The molecule has 3 aromatic heterocycles. The molecular weight excluding hydrogens is 330 g/mol. The zero-order chi connectivity index (χ0) is 18.3. The highest BCUT2D eigenvalue weighted by Crippen LogP contribution is 2.16. The molecule has 0 aliphatic carbocycles. The van der Waals surface area contributed by atoms with Gasteiger partial charge in [-0.15, -0.1) is 5.10 Å². The van der Waals surface area contributed by atoms with Crippen molar-refractivity contribution in [2.45, 2.75) is 26.3 Å². The van der Waals surface area contributed by atoms with Crippen molar-refractivity contribution >= 4 is 22.9 Å². The first kappa shape index (κ1) is 16.3. The van der Waals surface area contributed by atoms with Crippen LogP contribution in [0, 0.1) is 0 Å². The fraction of sp³-hybridized carbons (Fsp3) is 0.333. The Morgan fingerprint density at radius 2 is 1.92 bits per heavy atom. The maximum Gasteiger partial charge on any atom is 0.301 e. The molecule has 4 aromatic rings. The van der Waals surface area contributed by atoms with Gasteiger partial charge in [-0.2, -0.15) is 14.5 Å². The summed E-state index contributed by atoms with van der Waals surface area (Å²) >= 11 is 0. The minimum atomic E-state index is -0.227. The van der Waals surface area contributed by atoms with Crippen molar-refractivity contribution < 1.29 is 0 Å². The first-order valence-electron chi connectivity index (χ1n) is 8.68. The lowest BCUT2D eigenvalue weighted by molar-refractivity contribution is 0.686. The lowest BCUT2D eigenvalue weighted by Gasteiger charge is -2.06. The van der Waals surface area contributed by atoms with Gasteiger partial charge < -0.3 is 9.88 Å². The number of nitrogens with zero attached hydrogens (tertiary/aromatic N) is 6. The van der Waals surface area contributed by atoms with Gasteiger partial charge >= 0.3 is 5.56 Å². The molecule has 26 heavy (non-hydrogen) atoms. The highest BCUT2D eigenvalue weighted by molar-refractivity contribution is 5.75. The summed E-state index contributed by atoms with van der Waals surface area (Å²) < 4.78 is 3.34. The second kappa shape index (κ2) is 6.29. The minimum absolute atomic E-state index is 0.227. The molecule has 0 aliphatic heterocycles. The number of aryl methyl sites for hydroxylation is 1. The van der Waals surface area contributed by atoms with Gasteiger partial charge in [0.2, 0.25) is 11.7 Å². The summed E-state index contributed by atoms with van der Waals surface area (Å²) in [5.74, 6) is 1.80. The zero-order valence-electron chi connectivity index (χ0n) is 15.1. The first-order valence-corrected chi connectivity index (χ1v) is 8.68. The summed E-state index contributed by atoms with van der Waals surface area (Å²) in [6, 6.07) is 10.00. The van der Waals surface area contributed by atoms with Crippen LogP contribution in [0.25, 0.3) is 16.9 Å². The molecule has 0 aliphatic rings. The number of aromatic amines is 1. The summed E-state index contributed by atoms with van der Waals surface area (Å²) in [5.41, 5.74) is 1.95. The molecule has 0 atom stereocenters. The Kier molecular flexibility index (Phi) is 3.95. The molecule has 0 spiro atoms. The van der Waals surface area contributed by atoms with Gasteiger partial charge in [0.05, 0.1) is 0 Å². The maximum absolute atomic E-state index is 12.9. The largest absolute Gasteiger partial charge is 0.348 e. The van der Waals surface area contributed by atoms with Crippen LogP contribution in [0.4, 0.5) is 5.95 Å². The fourth-order valence-corrected chi connectivity index (χ4v) is 3.05. The van der Waals surface area contributed by atoms with E-state index in [1.165, 1.54) is 4.52 Å². The summed E-state index contributed by atoms with van der Waals surface area (Å²) in [7, 11) is 3.77. The molecule has 4 rings (SSSR count). The van der Waals surface area contributed by atoms with E-state index in [-0.39, 0.29) is 5.56 Å². The number of hydrogen-bond acceptors (Lipinski definition) is 5. The van der Waals surface area contributed by atoms with E-state index in [9.17, 15) is 4.79 Å². The summed E-state index contributed by atoms with van der Waals surface area (Å²) in [6.45, 7) is 2.79. The van der Waals surface area contributed by atoms with E-state index in [0.717, 1.165) is 12.0 Å². The Morgan fingerprint density at radius 1 is 1.15 bits per heavy atom. The monoisotopic (exact) mass is 351 g/mol. The van der Waals surface area contributed by atoms with Crippen LogP contribution in [0.15, 0.2) is 35.1 Å². The summed E-state index contributed by atoms with van der Waals surface area (Å²) in [5, 5.41) is 4.47. The second-order valence-corrected chi connectivity index (χ2v) is 6.51. The van der Waals surface area contributed by atoms with E-state index in [0.29, 0.717) is 41.7 Å².